The van der Waals surface area contributed by atoms with Crippen LogP contribution in [-0.4, -0.2) is 5.11 Å². The van der Waals surface area contributed by atoms with Crippen LogP contribution in [-0.2, 0) is 19.7 Å². The lowest BCUT2D eigenvalue weighted by molar-refractivity contribution is 0.242. The zero-order valence-electron chi connectivity index (χ0n) is 8.57. The second-order valence-corrected chi connectivity index (χ2v) is 5.18. The van der Waals surface area contributed by atoms with E-state index in [-0.39, 0.29) is 6.61 Å². The van der Waals surface area contributed by atoms with Gasteiger partial charge < -0.3 is 14.8 Å². The number of nitrogens with one attached hydrogen (secondary N) is 1. The third-order valence-electron chi connectivity index (χ3n) is 2.15. The minimum atomic E-state index is -0.0452. The van der Waals surface area contributed by atoms with Gasteiger partial charge in [-0.05, 0) is 39.5 Å². The largest absolute Gasteiger partial charge is 0.462 e. The summed E-state index contributed by atoms with van der Waals surface area (Å²) in [6.07, 6.45) is 0. The van der Waals surface area contributed by atoms with Gasteiger partial charge in [0.25, 0.3) is 0 Å². The molecule has 0 saturated carbocycles. The van der Waals surface area contributed by atoms with Crippen molar-refractivity contribution in [2.45, 2.75) is 19.7 Å². The maximum absolute atomic E-state index is 8.84. The minimum absolute atomic E-state index is 0.0452. The van der Waals surface area contributed by atoms with Crippen molar-refractivity contribution in [3.8, 4) is 0 Å². The first-order chi connectivity index (χ1) is 7.79. The highest BCUT2D eigenvalue weighted by atomic mass is 79.9. The molecule has 16 heavy (non-hydrogen) atoms. The van der Waals surface area contributed by atoms with Crippen molar-refractivity contribution in [1.29, 1.82) is 0 Å². The molecule has 2 aromatic rings. The first-order valence-electron chi connectivity index (χ1n) is 4.90. The Labute approximate surface area is 106 Å². The van der Waals surface area contributed by atoms with Crippen molar-refractivity contribution in [2.24, 2.45) is 0 Å². The van der Waals surface area contributed by atoms with Gasteiger partial charge >= 0.3 is 0 Å². The van der Waals surface area contributed by atoms with E-state index < -0.39 is 0 Å². The summed E-state index contributed by atoms with van der Waals surface area (Å²) < 4.78 is 6.50. The summed E-state index contributed by atoms with van der Waals surface area (Å²) in [6, 6.07) is 5.71. The van der Waals surface area contributed by atoms with Crippen LogP contribution in [0.25, 0.3) is 0 Å². The van der Waals surface area contributed by atoms with Crippen LogP contribution in [0.5, 0.6) is 0 Å². The number of aliphatic hydroxyl groups excluding tert-OH is 1. The van der Waals surface area contributed by atoms with Crippen molar-refractivity contribution in [3.05, 3.63) is 44.4 Å². The van der Waals surface area contributed by atoms with Crippen LogP contribution in [0, 0.1) is 0 Å². The maximum Gasteiger partial charge on any atom is 0.129 e. The standard InChI is InChI=1S/C11H12BrNO2S/c12-10-3-4-16-11(10)6-13-5-8-1-2-9(7-14)15-8/h1-4,13-14H,5-7H2. The van der Waals surface area contributed by atoms with Crippen molar-refractivity contribution in [1.82, 2.24) is 5.32 Å². The highest BCUT2D eigenvalue weighted by Gasteiger charge is 2.03. The molecule has 0 amide bonds. The number of furan rings is 1. The molecule has 0 aromatic carbocycles. The van der Waals surface area contributed by atoms with Crippen molar-refractivity contribution in [2.75, 3.05) is 0 Å². The van der Waals surface area contributed by atoms with Gasteiger partial charge in [0.15, 0.2) is 0 Å². The van der Waals surface area contributed by atoms with E-state index in [1.807, 2.05) is 12.1 Å². The van der Waals surface area contributed by atoms with Crippen molar-refractivity contribution < 1.29 is 9.52 Å². The normalized spacial score (nSPS) is 10.9. The number of hydrogen-bond acceptors (Lipinski definition) is 4. The van der Waals surface area contributed by atoms with Crippen LogP contribution in [0.3, 0.4) is 0 Å². The monoisotopic (exact) mass is 301 g/mol. The molecule has 2 aromatic heterocycles. The summed E-state index contributed by atoms with van der Waals surface area (Å²) in [5, 5.41) is 14.2. The van der Waals surface area contributed by atoms with Gasteiger partial charge in [-0.25, -0.2) is 0 Å². The van der Waals surface area contributed by atoms with Crippen LogP contribution in [0.1, 0.15) is 16.4 Å². The highest BCUT2D eigenvalue weighted by molar-refractivity contribution is 9.10. The van der Waals surface area contributed by atoms with Gasteiger partial charge in [-0.2, -0.15) is 0 Å². The average molecular weight is 302 g/mol. The van der Waals surface area contributed by atoms with Crippen molar-refractivity contribution >= 4 is 27.3 Å². The smallest absolute Gasteiger partial charge is 0.129 e. The highest BCUT2D eigenvalue weighted by Crippen LogP contribution is 2.22. The molecule has 2 heterocycles. The van der Waals surface area contributed by atoms with E-state index in [4.69, 9.17) is 9.52 Å². The fourth-order valence-corrected chi connectivity index (χ4v) is 2.81. The lowest BCUT2D eigenvalue weighted by Gasteiger charge is -2.01. The fraction of sp³-hybridized carbons (Fsp3) is 0.273. The van der Waals surface area contributed by atoms with Crippen LogP contribution >= 0.6 is 27.3 Å². The second-order valence-electron chi connectivity index (χ2n) is 3.32. The molecule has 0 unspecified atom stereocenters. The van der Waals surface area contributed by atoms with E-state index in [9.17, 15) is 0 Å². The Hall–Kier alpha value is -0.620. The topological polar surface area (TPSA) is 45.4 Å². The Morgan fingerprint density at radius 3 is 2.69 bits per heavy atom. The second kappa shape index (κ2) is 5.63. The summed E-state index contributed by atoms with van der Waals surface area (Å²) in [6.45, 7) is 1.44. The molecule has 0 spiro atoms. The third-order valence-corrected chi connectivity index (χ3v) is 4.08. The summed E-state index contributed by atoms with van der Waals surface area (Å²) in [7, 11) is 0. The molecule has 0 aliphatic rings. The summed E-state index contributed by atoms with van der Waals surface area (Å²) in [5.41, 5.74) is 0. The number of rotatable bonds is 5. The first kappa shape index (κ1) is 11.9. The van der Waals surface area contributed by atoms with Crippen LogP contribution in [0.15, 0.2) is 32.5 Å². The zero-order valence-corrected chi connectivity index (χ0v) is 11.0. The van der Waals surface area contributed by atoms with Crippen LogP contribution in [0.4, 0.5) is 0 Å². The Balaban J connectivity index is 1.82. The molecule has 0 saturated heterocycles. The molecule has 0 radical (unpaired) electrons. The lowest BCUT2D eigenvalue weighted by Crippen LogP contribution is -2.11. The molecule has 0 aliphatic heterocycles. The quantitative estimate of drug-likeness (QED) is 0.892. The SMILES string of the molecule is OCc1ccc(CNCc2sccc2Br)o1. The Morgan fingerprint density at radius 2 is 2.06 bits per heavy atom. The Kier molecular flexibility index (Phi) is 4.17. The minimum Gasteiger partial charge on any atom is -0.462 e. The zero-order chi connectivity index (χ0) is 11.4. The van der Waals surface area contributed by atoms with E-state index in [1.165, 1.54) is 4.88 Å². The molecule has 0 aliphatic carbocycles. The average Bonchev–Trinajstić information content (AvgIpc) is 2.89. The molecule has 2 rings (SSSR count). The molecule has 0 bridgehead atoms. The molecule has 3 nitrogen and oxygen atoms in total. The molecule has 0 fully saturated rings. The fourth-order valence-electron chi connectivity index (χ4n) is 1.35. The number of aliphatic hydroxyl groups is 1. The third kappa shape index (κ3) is 2.95. The molecule has 5 heteroatoms. The van der Waals surface area contributed by atoms with E-state index in [0.717, 1.165) is 16.8 Å². The Morgan fingerprint density at radius 1 is 1.25 bits per heavy atom. The summed E-state index contributed by atoms with van der Waals surface area (Å²) >= 11 is 5.20. The predicted octanol–water partition coefficient (Wildman–Crippen LogP) is 2.89. The molecule has 2 N–H and O–H groups in total. The van der Waals surface area contributed by atoms with Crippen molar-refractivity contribution in [3.63, 3.8) is 0 Å². The number of halogens is 1. The van der Waals surface area contributed by atoms with E-state index in [0.29, 0.717) is 12.3 Å². The van der Waals surface area contributed by atoms with Gasteiger partial charge in [0.05, 0.1) is 6.54 Å². The first-order valence-corrected chi connectivity index (χ1v) is 6.58. The summed E-state index contributed by atoms with van der Waals surface area (Å²) in [5.74, 6) is 1.45. The lowest BCUT2D eigenvalue weighted by atomic mass is 10.4. The van der Waals surface area contributed by atoms with E-state index in [1.54, 1.807) is 17.4 Å². The van der Waals surface area contributed by atoms with Crippen LogP contribution < -0.4 is 5.32 Å². The van der Waals surface area contributed by atoms with Gasteiger partial charge in [0.2, 0.25) is 0 Å². The van der Waals surface area contributed by atoms with Crippen LogP contribution in [0.2, 0.25) is 0 Å². The maximum atomic E-state index is 8.84. The van der Waals surface area contributed by atoms with Gasteiger partial charge in [-0.3, -0.25) is 0 Å². The van der Waals surface area contributed by atoms with E-state index in [2.05, 4.69) is 26.6 Å². The van der Waals surface area contributed by atoms with Gasteiger partial charge in [-0.15, -0.1) is 11.3 Å². The van der Waals surface area contributed by atoms with E-state index >= 15 is 0 Å². The Bertz CT molecular complexity index is 452. The number of thiophene rings is 1. The molecular formula is C11H12BrNO2S. The van der Waals surface area contributed by atoms with Gasteiger partial charge in [-0.1, -0.05) is 0 Å². The summed E-state index contributed by atoms with van der Waals surface area (Å²) in [4.78, 5) is 1.27. The van der Waals surface area contributed by atoms with Gasteiger partial charge in [0, 0.05) is 15.9 Å². The number of hydrogen-bond donors (Lipinski definition) is 2. The molecule has 0 atom stereocenters. The molecule has 86 valence electrons. The van der Waals surface area contributed by atoms with Gasteiger partial charge in [0.1, 0.15) is 18.1 Å². The predicted molar refractivity (Wildman–Crippen MR) is 67.2 cm³/mol. The molecular weight excluding hydrogens is 290 g/mol.